The molecule has 1 saturated carbocycles. The first-order valence-corrected chi connectivity index (χ1v) is 8.16. The van der Waals surface area contributed by atoms with E-state index in [2.05, 4.69) is 12.2 Å². The second-order valence-electron chi connectivity index (χ2n) is 5.93. The van der Waals surface area contributed by atoms with Crippen LogP contribution in [0.3, 0.4) is 0 Å². The van der Waals surface area contributed by atoms with E-state index in [4.69, 9.17) is 16.3 Å². The molecule has 1 N–H and O–H groups in total. The minimum Gasteiger partial charge on any atom is -0.452 e. The number of esters is 1. The zero-order valence-electron chi connectivity index (χ0n) is 13.3. The van der Waals surface area contributed by atoms with Crippen molar-refractivity contribution in [2.75, 3.05) is 6.61 Å². The summed E-state index contributed by atoms with van der Waals surface area (Å²) in [6, 6.07) is 3.72. The Hall–Kier alpha value is -2.15. The number of nitrogens with zero attached hydrogens (tertiary/aromatic N) is 1. The smallest absolute Gasteiger partial charge is 0.345 e. The van der Waals surface area contributed by atoms with Gasteiger partial charge >= 0.3 is 5.97 Å². The molecule has 0 radical (unpaired) electrons. The van der Waals surface area contributed by atoms with Gasteiger partial charge in [-0.2, -0.15) is 0 Å². The van der Waals surface area contributed by atoms with E-state index in [1.807, 2.05) is 0 Å². The number of ether oxygens (including phenoxy) is 1. The quantitative estimate of drug-likeness (QED) is 0.497. The SMILES string of the molecule is C[C@H]1CCCC[C@@H]1NC(=O)COC(=O)c1ccc(Cl)cc1[N+](=O)[O-]. The minimum atomic E-state index is -0.926. The molecule has 1 aromatic rings. The zero-order valence-corrected chi connectivity index (χ0v) is 14.0. The molecule has 0 bridgehead atoms. The fourth-order valence-corrected chi connectivity index (χ4v) is 2.98. The Bertz CT molecular complexity index is 649. The van der Waals surface area contributed by atoms with Crippen molar-refractivity contribution in [3.63, 3.8) is 0 Å². The van der Waals surface area contributed by atoms with Crippen LogP contribution in [0.2, 0.25) is 5.02 Å². The standard InChI is InChI=1S/C16H19ClN2O5/c1-10-4-2-3-5-13(10)18-15(20)9-24-16(21)12-7-6-11(17)8-14(12)19(22)23/h6-8,10,13H,2-5,9H2,1H3,(H,18,20)/t10-,13-/m0/s1. The predicted molar refractivity (Wildman–Crippen MR) is 88.0 cm³/mol. The van der Waals surface area contributed by atoms with Crippen LogP contribution in [-0.4, -0.2) is 29.4 Å². The summed E-state index contributed by atoms with van der Waals surface area (Å²) in [5.74, 6) is -0.945. The second-order valence-corrected chi connectivity index (χ2v) is 6.37. The molecular weight excluding hydrogens is 336 g/mol. The molecule has 2 rings (SSSR count). The number of nitro groups is 1. The summed E-state index contributed by atoms with van der Waals surface area (Å²) >= 11 is 5.69. The Morgan fingerprint density at radius 3 is 2.75 bits per heavy atom. The number of hydrogen-bond donors (Lipinski definition) is 1. The fourth-order valence-electron chi connectivity index (χ4n) is 2.82. The van der Waals surface area contributed by atoms with Gasteiger partial charge in [-0.05, 0) is 30.9 Å². The monoisotopic (exact) mass is 354 g/mol. The third-order valence-electron chi connectivity index (χ3n) is 4.17. The number of benzene rings is 1. The van der Waals surface area contributed by atoms with Gasteiger partial charge in [0.05, 0.1) is 4.92 Å². The molecule has 1 aliphatic rings. The summed E-state index contributed by atoms with van der Waals surface area (Å²) in [7, 11) is 0. The Kier molecular flexibility index (Phi) is 6.14. The third-order valence-corrected chi connectivity index (χ3v) is 4.40. The molecule has 2 atom stereocenters. The van der Waals surface area contributed by atoms with Crippen molar-refractivity contribution in [1.82, 2.24) is 5.32 Å². The van der Waals surface area contributed by atoms with Gasteiger partial charge in [0.2, 0.25) is 0 Å². The maximum absolute atomic E-state index is 12.0. The van der Waals surface area contributed by atoms with Gasteiger partial charge in [0.15, 0.2) is 6.61 Å². The van der Waals surface area contributed by atoms with E-state index in [9.17, 15) is 19.7 Å². The molecule has 7 nitrogen and oxygen atoms in total. The highest BCUT2D eigenvalue weighted by molar-refractivity contribution is 6.31. The molecule has 24 heavy (non-hydrogen) atoms. The van der Waals surface area contributed by atoms with Crippen molar-refractivity contribution in [3.8, 4) is 0 Å². The van der Waals surface area contributed by atoms with Gasteiger partial charge in [-0.15, -0.1) is 0 Å². The van der Waals surface area contributed by atoms with Crippen LogP contribution in [0.25, 0.3) is 0 Å². The topological polar surface area (TPSA) is 98.5 Å². The largest absolute Gasteiger partial charge is 0.452 e. The Balaban J connectivity index is 1.93. The lowest BCUT2D eigenvalue weighted by atomic mass is 9.86. The van der Waals surface area contributed by atoms with E-state index < -0.39 is 29.1 Å². The Labute approximate surface area is 144 Å². The van der Waals surface area contributed by atoms with Gasteiger partial charge in [-0.3, -0.25) is 14.9 Å². The lowest BCUT2D eigenvalue weighted by molar-refractivity contribution is -0.385. The summed E-state index contributed by atoms with van der Waals surface area (Å²) in [6.07, 6.45) is 4.18. The molecule has 0 heterocycles. The normalized spacial score (nSPS) is 20.2. The summed E-state index contributed by atoms with van der Waals surface area (Å²) < 4.78 is 4.90. The van der Waals surface area contributed by atoms with Gasteiger partial charge in [-0.25, -0.2) is 4.79 Å². The lowest BCUT2D eigenvalue weighted by Crippen LogP contribution is -2.42. The predicted octanol–water partition coefficient (Wildman–Crippen LogP) is 3.10. The first-order chi connectivity index (χ1) is 11.4. The number of nitro benzene ring substituents is 1. The highest BCUT2D eigenvalue weighted by Gasteiger charge is 2.25. The minimum absolute atomic E-state index is 0.0785. The molecular formula is C16H19ClN2O5. The van der Waals surface area contributed by atoms with Gasteiger partial charge in [-0.1, -0.05) is 31.4 Å². The van der Waals surface area contributed by atoms with Crippen LogP contribution >= 0.6 is 11.6 Å². The number of halogens is 1. The maximum atomic E-state index is 12.0. The van der Waals surface area contributed by atoms with E-state index >= 15 is 0 Å². The molecule has 0 aliphatic heterocycles. The van der Waals surface area contributed by atoms with Crippen LogP contribution in [0.15, 0.2) is 18.2 Å². The Morgan fingerprint density at radius 1 is 1.38 bits per heavy atom. The first-order valence-electron chi connectivity index (χ1n) is 7.79. The summed E-state index contributed by atoms with van der Waals surface area (Å²) in [6.45, 7) is 1.61. The van der Waals surface area contributed by atoms with Crippen molar-refractivity contribution in [3.05, 3.63) is 38.9 Å². The molecule has 1 amide bonds. The van der Waals surface area contributed by atoms with E-state index in [0.717, 1.165) is 31.7 Å². The van der Waals surface area contributed by atoms with E-state index in [1.165, 1.54) is 12.1 Å². The van der Waals surface area contributed by atoms with Crippen LogP contribution in [0.5, 0.6) is 0 Å². The van der Waals surface area contributed by atoms with Gasteiger partial charge in [0, 0.05) is 17.1 Å². The second kappa shape index (κ2) is 8.10. The fraction of sp³-hybridized carbons (Fsp3) is 0.500. The van der Waals surface area contributed by atoms with E-state index in [0.29, 0.717) is 5.92 Å². The number of carbonyl (C=O) groups is 2. The van der Waals surface area contributed by atoms with Crippen molar-refractivity contribution in [1.29, 1.82) is 0 Å². The number of amides is 1. The summed E-state index contributed by atoms with van der Waals surface area (Å²) in [5.41, 5.74) is -0.683. The molecule has 0 aromatic heterocycles. The van der Waals surface area contributed by atoms with Crippen molar-refractivity contribution < 1.29 is 19.2 Å². The molecule has 1 aromatic carbocycles. The van der Waals surface area contributed by atoms with Crippen LogP contribution in [-0.2, 0) is 9.53 Å². The van der Waals surface area contributed by atoms with Crippen LogP contribution in [0, 0.1) is 16.0 Å². The van der Waals surface area contributed by atoms with Crippen LogP contribution in [0.1, 0.15) is 43.0 Å². The maximum Gasteiger partial charge on any atom is 0.345 e. The number of rotatable bonds is 5. The molecule has 8 heteroatoms. The average Bonchev–Trinajstić information content (AvgIpc) is 2.54. The Morgan fingerprint density at radius 2 is 2.08 bits per heavy atom. The molecule has 130 valence electrons. The van der Waals surface area contributed by atoms with E-state index in [1.54, 1.807) is 0 Å². The van der Waals surface area contributed by atoms with Gasteiger partial charge in [0.25, 0.3) is 11.6 Å². The van der Waals surface area contributed by atoms with Gasteiger partial charge in [0.1, 0.15) is 5.56 Å². The van der Waals surface area contributed by atoms with Crippen LogP contribution in [0.4, 0.5) is 5.69 Å². The summed E-state index contributed by atoms with van der Waals surface area (Å²) in [4.78, 5) is 34.2. The molecule has 1 aliphatic carbocycles. The van der Waals surface area contributed by atoms with Crippen molar-refractivity contribution in [2.45, 2.75) is 38.6 Å². The summed E-state index contributed by atoms with van der Waals surface area (Å²) in [5, 5.41) is 14.0. The van der Waals surface area contributed by atoms with Crippen molar-refractivity contribution in [2.24, 2.45) is 5.92 Å². The molecule has 0 saturated heterocycles. The van der Waals surface area contributed by atoms with E-state index in [-0.39, 0.29) is 16.6 Å². The van der Waals surface area contributed by atoms with Crippen molar-refractivity contribution >= 4 is 29.2 Å². The van der Waals surface area contributed by atoms with Gasteiger partial charge < -0.3 is 10.1 Å². The average molecular weight is 355 g/mol. The number of hydrogen-bond acceptors (Lipinski definition) is 5. The highest BCUT2D eigenvalue weighted by Crippen LogP contribution is 2.25. The molecule has 1 fully saturated rings. The lowest BCUT2D eigenvalue weighted by Gasteiger charge is -2.29. The number of carbonyl (C=O) groups excluding carboxylic acids is 2. The number of nitrogens with one attached hydrogen (secondary N) is 1. The van der Waals surface area contributed by atoms with Crippen LogP contribution < -0.4 is 5.32 Å². The molecule has 0 unspecified atom stereocenters. The first kappa shape index (κ1) is 18.2. The zero-order chi connectivity index (χ0) is 17.7. The third kappa shape index (κ3) is 4.67. The molecule has 0 spiro atoms. The highest BCUT2D eigenvalue weighted by atomic mass is 35.5.